The van der Waals surface area contributed by atoms with E-state index >= 15 is 0 Å². The van der Waals surface area contributed by atoms with Gasteiger partial charge in [0.2, 0.25) is 0 Å². The third kappa shape index (κ3) is 6.09. The number of carboxylic acid groups (broad SMARTS) is 2. The highest BCUT2D eigenvalue weighted by Crippen LogP contribution is 2.22. The Bertz CT molecular complexity index is 722. The van der Waals surface area contributed by atoms with E-state index in [0.717, 1.165) is 28.0 Å². The fourth-order valence-electron chi connectivity index (χ4n) is 1.91. The number of carbonyl (C=O) groups is 2. The fraction of sp³-hybridized carbons (Fsp3) is 0.267. The highest BCUT2D eigenvalue weighted by molar-refractivity contribution is 6.31. The van der Waals surface area contributed by atoms with Crippen molar-refractivity contribution in [2.45, 2.75) is 19.4 Å². The maximum Gasteiger partial charge on any atom is 0.328 e. The van der Waals surface area contributed by atoms with E-state index in [2.05, 4.69) is 5.10 Å². The Morgan fingerprint density at radius 3 is 2.39 bits per heavy atom. The van der Waals surface area contributed by atoms with Gasteiger partial charge >= 0.3 is 11.9 Å². The van der Waals surface area contributed by atoms with Gasteiger partial charge in [-0.3, -0.25) is 4.68 Å². The van der Waals surface area contributed by atoms with Crippen LogP contribution in [0.15, 0.2) is 30.4 Å². The molecule has 1 aromatic carbocycles. The van der Waals surface area contributed by atoms with Crippen molar-refractivity contribution in [2.24, 2.45) is 12.8 Å². The lowest BCUT2D eigenvalue weighted by atomic mass is 10.1. The number of halogens is 1. The molecule has 0 aliphatic carbocycles. The summed E-state index contributed by atoms with van der Waals surface area (Å²) in [4.78, 5) is 19.1. The molecule has 1 atom stereocenters. The number of hydrogen-bond acceptors (Lipinski definition) is 4. The number of carboxylic acids is 2. The average molecular weight is 340 g/mol. The van der Waals surface area contributed by atoms with E-state index in [1.54, 1.807) is 0 Å². The number of rotatable bonds is 4. The Labute approximate surface area is 138 Å². The molecule has 0 saturated carbocycles. The first-order chi connectivity index (χ1) is 10.7. The summed E-state index contributed by atoms with van der Waals surface area (Å²) in [6, 6.07) is 5.92. The minimum Gasteiger partial charge on any atom is -0.478 e. The van der Waals surface area contributed by atoms with Gasteiger partial charge in [0, 0.05) is 42.1 Å². The molecule has 0 saturated heterocycles. The molecule has 0 fully saturated rings. The Morgan fingerprint density at radius 1 is 1.35 bits per heavy atom. The van der Waals surface area contributed by atoms with E-state index in [9.17, 15) is 9.59 Å². The van der Waals surface area contributed by atoms with E-state index in [4.69, 9.17) is 27.5 Å². The molecule has 1 aromatic heterocycles. The Kier molecular flexibility index (Phi) is 6.74. The molecule has 23 heavy (non-hydrogen) atoms. The number of nitrogens with zero attached hydrogens (tertiary/aromatic N) is 2. The second-order valence-corrected chi connectivity index (χ2v) is 5.36. The zero-order chi connectivity index (χ0) is 17.6. The molecule has 0 amide bonds. The van der Waals surface area contributed by atoms with Crippen LogP contribution in [0.2, 0.25) is 5.02 Å². The first-order valence-electron chi connectivity index (χ1n) is 6.71. The van der Waals surface area contributed by atoms with Crippen molar-refractivity contribution in [2.75, 3.05) is 0 Å². The van der Waals surface area contributed by atoms with Gasteiger partial charge in [0.15, 0.2) is 0 Å². The third-order valence-electron chi connectivity index (χ3n) is 2.77. The number of aromatic nitrogens is 2. The summed E-state index contributed by atoms with van der Waals surface area (Å²) >= 11 is 5.97. The van der Waals surface area contributed by atoms with E-state index < -0.39 is 11.9 Å². The Balaban J connectivity index is 0.000000284. The molecule has 1 heterocycles. The SMILES string of the molecule is CC(N)Cc1nn(C)c2ccc(Cl)cc12.O=C(O)C=CC(=O)O. The standard InChI is InChI=1S/C11H14ClN3.C4H4O4/c1-7(13)5-10-9-6-8(12)3-4-11(9)15(2)14-10;5-3(6)1-2-4(7)8/h3-4,6-7H,5,13H2,1-2H3;1-2H,(H,5,6)(H,7,8). The van der Waals surface area contributed by atoms with Crippen LogP contribution in [0, 0.1) is 0 Å². The first kappa shape index (κ1) is 18.7. The maximum absolute atomic E-state index is 9.55. The molecule has 2 aromatic rings. The molecule has 124 valence electrons. The zero-order valence-corrected chi connectivity index (χ0v) is 13.5. The maximum atomic E-state index is 9.55. The van der Waals surface area contributed by atoms with Gasteiger partial charge in [0.1, 0.15) is 0 Å². The highest BCUT2D eigenvalue weighted by atomic mass is 35.5. The van der Waals surface area contributed by atoms with Crippen molar-refractivity contribution < 1.29 is 19.8 Å². The topological polar surface area (TPSA) is 118 Å². The lowest BCUT2D eigenvalue weighted by Crippen LogP contribution is -2.18. The summed E-state index contributed by atoms with van der Waals surface area (Å²) in [5.41, 5.74) is 7.89. The molecule has 0 spiro atoms. The van der Waals surface area contributed by atoms with Gasteiger partial charge in [-0.15, -0.1) is 0 Å². The molecule has 1 unspecified atom stereocenters. The van der Waals surface area contributed by atoms with Crippen molar-refractivity contribution in [1.82, 2.24) is 9.78 Å². The van der Waals surface area contributed by atoms with E-state index in [1.807, 2.05) is 36.9 Å². The smallest absolute Gasteiger partial charge is 0.328 e. The number of aliphatic carboxylic acids is 2. The van der Waals surface area contributed by atoms with Gasteiger partial charge in [-0.25, -0.2) is 9.59 Å². The van der Waals surface area contributed by atoms with Gasteiger partial charge < -0.3 is 15.9 Å². The normalized spacial score (nSPS) is 12.0. The Morgan fingerprint density at radius 2 is 1.91 bits per heavy atom. The van der Waals surface area contributed by atoms with Crippen LogP contribution in [0.25, 0.3) is 10.9 Å². The van der Waals surface area contributed by atoms with Gasteiger partial charge in [0.05, 0.1) is 11.2 Å². The molecule has 0 aliphatic rings. The van der Waals surface area contributed by atoms with Crippen LogP contribution in [-0.4, -0.2) is 38.0 Å². The quantitative estimate of drug-likeness (QED) is 0.731. The van der Waals surface area contributed by atoms with Crippen LogP contribution in [-0.2, 0) is 23.1 Å². The van der Waals surface area contributed by atoms with Crippen molar-refractivity contribution in [3.05, 3.63) is 41.1 Å². The van der Waals surface area contributed by atoms with Crippen molar-refractivity contribution in [1.29, 1.82) is 0 Å². The fourth-order valence-corrected chi connectivity index (χ4v) is 2.08. The zero-order valence-electron chi connectivity index (χ0n) is 12.7. The number of nitrogens with two attached hydrogens (primary N) is 1. The minimum absolute atomic E-state index is 0.113. The van der Waals surface area contributed by atoms with Crippen molar-refractivity contribution >= 4 is 34.4 Å². The second kappa shape index (κ2) is 8.30. The largest absolute Gasteiger partial charge is 0.478 e. The summed E-state index contributed by atoms with van der Waals surface area (Å²) in [5.74, 6) is -2.51. The van der Waals surface area contributed by atoms with Gasteiger partial charge in [-0.1, -0.05) is 11.6 Å². The highest BCUT2D eigenvalue weighted by Gasteiger charge is 2.10. The van der Waals surface area contributed by atoms with Gasteiger partial charge in [0.25, 0.3) is 0 Å². The van der Waals surface area contributed by atoms with E-state index in [-0.39, 0.29) is 6.04 Å². The summed E-state index contributed by atoms with van der Waals surface area (Å²) in [5, 5.41) is 21.9. The van der Waals surface area contributed by atoms with Crippen LogP contribution in [0.4, 0.5) is 0 Å². The average Bonchev–Trinajstić information content (AvgIpc) is 2.72. The van der Waals surface area contributed by atoms with Crippen LogP contribution in [0.1, 0.15) is 12.6 Å². The molecule has 4 N–H and O–H groups in total. The number of aryl methyl sites for hydroxylation is 1. The Hall–Kier alpha value is -2.38. The summed E-state index contributed by atoms with van der Waals surface area (Å²) in [7, 11) is 1.93. The molecule has 0 bridgehead atoms. The summed E-state index contributed by atoms with van der Waals surface area (Å²) in [6.07, 6.45) is 1.89. The number of fused-ring (bicyclic) bond motifs is 1. The van der Waals surface area contributed by atoms with E-state index in [0.29, 0.717) is 12.2 Å². The van der Waals surface area contributed by atoms with Crippen molar-refractivity contribution in [3.63, 3.8) is 0 Å². The van der Waals surface area contributed by atoms with Crippen LogP contribution in [0.5, 0.6) is 0 Å². The molecule has 7 nitrogen and oxygen atoms in total. The van der Waals surface area contributed by atoms with Crippen LogP contribution >= 0.6 is 11.6 Å². The number of benzene rings is 1. The third-order valence-corrected chi connectivity index (χ3v) is 3.01. The lowest BCUT2D eigenvalue weighted by Gasteiger charge is -2.01. The van der Waals surface area contributed by atoms with Crippen LogP contribution in [0.3, 0.4) is 0 Å². The lowest BCUT2D eigenvalue weighted by molar-refractivity contribution is -0.134. The second-order valence-electron chi connectivity index (χ2n) is 4.92. The predicted molar refractivity (Wildman–Crippen MR) is 87.5 cm³/mol. The summed E-state index contributed by atoms with van der Waals surface area (Å²) < 4.78 is 1.86. The predicted octanol–water partition coefficient (Wildman–Crippen LogP) is 1.83. The molecular weight excluding hydrogens is 322 g/mol. The molecular formula is C15H18ClN3O4. The molecule has 0 radical (unpaired) electrons. The molecule has 0 aliphatic heterocycles. The van der Waals surface area contributed by atoms with Gasteiger partial charge in [-0.05, 0) is 25.1 Å². The first-order valence-corrected chi connectivity index (χ1v) is 7.09. The minimum atomic E-state index is -1.26. The molecule has 8 heteroatoms. The number of hydrogen-bond donors (Lipinski definition) is 3. The molecule has 2 rings (SSSR count). The van der Waals surface area contributed by atoms with E-state index in [1.165, 1.54) is 0 Å². The monoisotopic (exact) mass is 339 g/mol. The van der Waals surface area contributed by atoms with Crippen molar-refractivity contribution in [3.8, 4) is 0 Å². The van der Waals surface area contributed by atoms with Gasteiger partial charge in [-0.2, -0.15) is 5.10 Å². The summed E-state index contributed by atoms with van der Waals surface area (Å²) in [6.45, 7) is 1.98. The van der Waals surface area contributed by atoms with Crippen LogP contribution < -0.4 is 5.73 Å².